The van der Waals surface area contributed by atoms with Crippen molar-refractivity contribution < 1.29 is 9.72 Å². The standard InChI is InChI=1S/C15H11ClN4O3/c1-8-2-4-13(11(16)6-8)17-15(21)14-10-7-9(20(22)23)3-5-12(10)18-19-14/h2-7H,1H3,(H,17,21)(H,18,19). The molecule has 3 aromatic rings. The highest BCUT2D eigenvalue weighted by molar-refractivity contribution is 6.34. The fourth-order valence-electron chi connectivity index (χ4n) is 2.19. The largest absolute Gasteiger partial charge is 0.319 e. The van der Waals surface area contributed by atoms with E-state index in [0.29, 0.717) is 21.6 Å². The van der Waals surface area contributed by atoms with Crippen molar-refractivity contribution in [1.82, 2.24) is 10.2 Å². The number of non-ortho nitro benzene ring substituents is 1. The van der Waals surface area contributed by atoms with Crippen molar-refractivity contribution >= 4 is 39.8 Å². The second-order valence-electron chi connectivity index (χ2n) is 5.00. The molecule has 23 heavy (non-hydrogen) atoms. The Morgan fingerprint density at radius 1 is 1.30 bits per heavy atom. The molecule has 8 heteroatoms. The topological polar surface area (TPSA) is 101 Å². The van der Waals surface area contributed by atoms with E-state index in [1.54, 1.807) is 12.1 Å². The Labute approximate surface area is 135 Å². The van der Waals surface area contributed by atoms with E-state index < -0.39 is 10.8 Å². The van der Waals surface area contributed by atoms with Gasteiger partial charge in [0.2, 0.25) is 0 Å². The number of amides is 1. The molecule has 2 aromatic carbocycles. The van der Waals surface area contributed by atoms with Crippen LogP contribution < -0.4 is 5.32 Å². The molecular weight excluding hydrogens is 320 g/mol. The lowest BCUT2D eigenvalue weighted by Crippen LogP contribution is -2.13. The van der Waals surface area contributed by atoms with E-state index in [2.05, 4.69) is 15.5 Å². The van der Waals surface area contributed by atoms with E-state index in [-0.39, 0.29) is 11.4 Å². The number of carbonyl (C=O) groups is 1. The molecule has 1 amide bonds. The third-order valence-corrected chi connectivity index (χ3v) is 3.66. The van der Waals surface area contributed by atoms with E-state index in [0.717, 1.165) is 5.56 Å². The van der Waals surface area contributed by atoms with Gasteiger partial charge in [-0.05, 0) is 30.7 Å². The molecule has 1 heterocycles. The maximum Gasteiger partial charge on any atom is 0.276 e. The number of fused-ring (bicyclic) bond motifs is 1. The van der Waals surface area contributed by atoms with Crippen LogP contribution in [-0.4, -0.2) is 21.0 Å². The van der Waals surface area contributed by atoms with E-state index >= 15 is 0 Å². The van der Waals surface area contributed by atoms with E-state index in [9.17, 15) is 14.9 Å². The monoisotopic (exact) mass is 330 g/mol. The predicted molar refractivity (Wildman–Crippen MR) is 86.9 cm³/mol. The van der Waals surface area contributed by atoms with Crippen molar-refractivity contribution in [3.05, 3.63) is 62.8 Å². The number of rotatable bonds is 3. The zero-order valence-corrected chi connectivity index (χ0v) is 12.7. The van der Waals surface area contributed by atoms with Crippen LogP contribution in [0.2, 0.25) is 5.02 Å². The minimum atomic E-state index is -0.523. The van der Waals surface area contributed by atoms with Crippen LogP contribution in [-0.2, 0) is 0 Å². The van der Waals surface area contributed by atoms with Gasteiger partial charge in [-0.25, -0.2) is 0 Å². The molecule has 2 N–H and O–H groups in total. The molecule has 0 fully saturated rings. The first-order valence-electron chi connectivity index (χ1n) is 6.66. The van der Waals surface area contributed by atoms with E-state index in [1.165, 1.54) is 18.2 Å². The molecule has 0 radical (unpaired) electrons. The van der Waals surface area contributed by atoms with Gasteiger partial charge >= 0.3 is 0 Å². The number of nitrogens with one attached hydrogen (secondary N) is 2. The summed E-state index contributed by atoms with van der Waals surface area (Å²) in [7, 11) is 0. The number of hydrogen-bond donors (Lipinski definition) is 2. The molecule has 0 bridgehead atoms. The first-order chi connectivity index (χ1) is 11.0. The van der Waals surface area contributed by atoms with Crippen LogP contribution in [0.3, 0.4) is 0 Å². The summed E-state index contributed by atoms with van der Waals surface area (Å²) in [5.74, 6) is -0.498. The van der Waals surface area contributed by atoms with Crippen molar-refractivity contribution in [3.63, 3.8) is 0 Å². The Balaban J connectivity index is 1.97. The van der Waals surface area contributed by atoms with Crippen molar-refractivity contribution in [2.24, 2.45) is 0 Å². The van der Waals surface area contributed by atoms with Gasteiger partial charge in [0.15, 0.2) is 5.69 Å². The first-order valence-corrected chi connectivity index (χ1v) is 7.03. The van der Waals surface area contributed by atoms with E-state index in [1.807, 2.05) is 13.0 Å². The van der Waals surface area contributed by atoms with Gasteiger partial charge in [0.25, 0.3) is 11.6 Å². The first kappa shape index (κ1) is 15.0. The highest BCUT2D eigenvalue weighted by Crippen LogP contribution is 2.25. The van der Waals surface area contributed by atoms with Crippen molar-refractivity contribution in [1.29, 1.82) is 0 Å². The SMILES string of the molecule is Cc1ccc(NC(=O)c2n[nH]c3ccc([N+](=O)[O-])cc23)c(Cl)c1. The molecule has 0 atom stereocenters. The van der Waals surface area contributed by atoms with Gasteiger partial charge in [-0.2, -0.15) is 5.10 Å². The number of aromatic amines is 1. The molecule has 1 aromatic heterocycles. The van der Waals surface area contributed by atoms with Crippen molar-refractivity contribution in [3.8, 4) is 0 Å². The Kier molecular flexibility index (Phi) is 3.71. The van der Waals surface area contributed by atoms with Crippen LogP contribution in [0.4, 0.5) is 11.4 Å². The summed E-state index contributed by atoms with van der Waals surface area (Å²) in [5, 5.41) is 20.9. The maximum atomic E-state index is 12.4. The number of aryl methyl sites for hydroxylation is 1. The summed E-state index contributed by atoms with van der Waals surface area (Å²) < 4.78 is 0. The number of carbonyl (C=O) groups excluding carboxylic acids is 1. The van der Waals surface area contributed by atoms with Gasteiger partial charge in [0.1, 0.15) is 0 Å². The number of nitro groups is 1. The normalized spacial score (nSPS) is 10.7. The molecular formula is C15H11ClN4O3. The molecule has 0 spiro atoms. The zero-order chi connectivity index (χ0) is 16.6. The van der Waals surface area contributed by atoms with Gasteiger partial charge in [0, 0.05) is 17.5 Å². The minimum absolute atomic E-state index is 0.0698. The fourth-order valence-corrected chi connectivity index (χ4v) is 2.47. The van der Waals surface area contributed by atoms with Crippen molar-refractivity contribution in [2.45, 2.75) is 6.92 Å². The third kappa shape index (κ3) is 2.86. The average Bonchev–Trinajstić information content (AvgIpc) is 2.93. The predicted octanol–water partition coefficient (Wildman–Crippen LogP) is 3.69. The van der Waals surface area contributed by atoms with Crippen LogP contribution in [0.1, 0.15) is 16.1 Å². The molecule has 0 saturated heterocycles. The molecule has 0 aliphatic rings. The molecule has 7 nitrogen and oxygen atoms in total. The average molecular weight is 331 g/mol. The Hall–Kier alpha value is -2.93. The number of benzene rings is 2. The Bertz CT molecular complexity index is 936. The van der Waals surface area contributed by atoms with Crippen LogP contribution in [0.15, 0.2) is 36.4 Å². The lowest BCUT2D eigenvalue weighted by Gasteiger charge is -2.06. The lowest BCUT2D eigenvalue weighted by molar-refractivity contribution is -0.384. The Morgan fingerprint density at radius 3 is 2.78 bits per heavy atom. The third-order valence-electron chi connectivity index (χ3n) is 3.35. The number of halogens is 1. The highest BCUT2D eigenvalue weighted by Gasteiger charge is 2.18. The van der Waals surface area contributed by atoms with Gasteiger partial charge in [0.05, 0.1) is 21.2 Å². The quantitative estimate of drug-likeness (QED) is 0.565. The second kappa shape index (κ2) is 5.69. The molecule has 0 unspecified atom stereocenters. The second-order valence-corrected chi connectivity index (χ2v) is 5.40. The highest BCUT2D eigenvalue weighted by atomic mass is 35.5. The lowest BCUT2D eigenvalue weighted by atomic mass is 10.1. The van der Waals surface area contributed by atoms with Gasteiger partial charge in [-0.1, -0.05) is 17.7 Å². The summed E-state index contributed by atoms with van der Waals surface area (Å²) in [6.07, 6.45) is 0. The summed E-state index contributed by atoms with van der Waals surface area (Å²) in [5.41, 5.74) is 1.91. The molecule has 0 aliphatic carbocycles. The fraction of sp³-hybridized carbons (Fsp3) is 0.0667. The van der Waals surface area contributed by atoms with Crippen LogP contribution >= 0.6 is 11.6 Å². The summed E-state index contributed by atoms with van der Waals surface area (Å²) in [6.45, 7) is 1.89. The van der Waals surface area contributed by atoms with Crippen LogP contribution in [0.25, 0.3) is 10.9 Å². The number of aromatic nitrogens is 2. The van der Waals surface area contributed by atoms with Gasteiger partial charge < -0.3 is 5.32 Å². The molecule has 0 saturated carbocycles. The number of anilines is 1. The zero-order valence-electron chi connectivity index (χ0n) is 12.0. The van der Waals surface area contributed by atoms with Crippen LogP contribution in [0.5, 0.6) is 0 Å². The summed E-state index contributed by atoms with van der Waals surface area (Å²) >= 11 is 6.09. The van der Waals surface area contributed by atoms with Gasteiger partial charge in [-0.3, -0.25) is 20.0 Å². The smallest absolute Gasteiger partial charge is 0.276 e. The van der Waals surface area contributed by atoms with Gasteiger partial charge in [-0.15, -0.1) is 0 Å². The summed E-state index contributed by atoms with van der Waals surface area (Å²) in [4.78, 5) is 22.7. The molecule has 0 aliphatic heterocycles. The Morgan fingerprint density at radius 2 is 2.09 bits per heavy atom. The van der Waals surface area contributed by atoms with Crippen LogP contribution in [0, 0.1) is 17.0 Å². The number of nitro benzene ring substituents is 1. The van der Waals surface area contributed by atoms with E-state index in [4.69, 9.17) is 11.6 Å². The number of nitrogens with zero attached hydrogens (tertiary/aromatic N) is 2. The number of hydrogen-bond acceptors (Lipinski definition) is 4. The van der Waals surface area contributed by atoms with Crippen molar-refractivity contribution in [2.75, 3.05) is 5.32 Å². The minimum Gasteiger partial charge on any atom is -0.319 e. The number of H-pyrrole nitrogens is 1. The summed E-state index contributed by atoms with van der Waals surface area (Å²) in [6, 6.07) is 9.39. The maximum absolute atomic E-state index is 12.4. The molecule has 116 valence electrons. The molecule has 3 rings (SSSR count).